The fraction of sp³-hybridized carbons (Fsp3) is 0.278. The van der Waals surface area contributed by atoms with E-state index in [1.807, 2.05) is 49.4 Å². The Hall–Kier alpha value is -2.53. The molecule has 2 aromatic rings. The van der Waals surface area contributed by atoms with Crippen LogP contribution in [0.15, 0.2) is 54.6 Å². The first-order valence-corrected chi connectivity index (χ1v) is 7.57. The maximum atomic E-state index is 12.1. The zero-order chi connectivity index (χ0) is 16.7. The minimum absolute atomic E-state index is 0.0969. The van der Waals surface area contributed by atoms with Crippen LogP contribution in [0.4, 0.5) is 10.5 Å². The molecule has 2 rings (SSSR count). The Morgan fingerprint density at radius 1 is 1.13 bits per heavy atom. The lowest BCUT2D eigenvalue weighted by molar-refractivity contribution is 0.0599. The smallest absolute Gasteiger partial charge is 0.319 e. The number of aliphatic hydroxyl groups is 1. The topological polar surface area (TPSA) is 70.6 Å². The molecule has 0 radical (unpaired) electrons. The summed E-state index contributed by atoms with van der Waals surface area (Å²) in [5.74, 6) is 0.611. The van der Waals surface area contributed by atoms with Crippen molar-refractivity contribution < 1.29 is 14.6 Å². The van der Waals surface area contributed by atoms with Crippen LogP contribution in [0.3, 0.4) is 0 Å². The number of rotatable bonds is 6. The van der Waals surface area contributed by atoms with Gasteiger partial charge in [0.05, 0.1) is 18.8 Å². The molecule has 0 bridgehead atoms. The van der Waals surface area contributed by atoms with Gasteiger partial charge in [-0.05, 0) is 31.5 Å². The number of hydrogen-bond acceptors (Lipinski definition) is 3. The summed E-state index contributed by atoms with van der Waals surface area (Å²) in [4.78, 5) is 12.1. The first-order chi connectivity index (χ1) is 11.0. The van der Waals surface area contributed by atoms with E-state index in [4.69, 9.17) is 4.74 Å². The molecule has 0 aliphatic heterocycles. The number of carbonyl (C=O) groups excluding carboxylic acids is 1. The SMILES string of the molecule is CCOc1ccccc1NC(=O)NCC(C)(O)c1ccccc1. The van der Waals surface area contributed by atoms with Gasteiger partial charge < -0.3 is 20.5 Å². The summed E-state index contributed by atoms with van der Waals surface area (Å²) in [6, 6.07) is 16.0. The molecular weight excluding hydrogens is 292 g/mol. The summed E-state index contributed by atoms with van der Waals surface area (Å²) in [5.41, 5.74) is 0.194. The van der Waals surface area contributed by atoms with Gasteiger partial charge in [0.1, 0.15) is 11.4 Å². The molecule has 1 unspecified atom stereocenters. The molecule has 5 heteroatoms. The fourth-order valence-electron chi connectivity index (χ4n) is 2.17. The summed E-state index contributed by atoms with van der Waals surface area (Å²) >= 11 is 0. The van der Waals surface area contributed by atoms with Crippen LogP contribution >= 0.6 is 0 Å². The van der Waals surface area contributed by atoms with Crippen LogP contribution in [0.2, 0.25) is 0 Å². The molecule has 0 spiro atoms. The second-order valence-electron chi connectivity index (χ2n) is 5.38. The molecule has 0 aliphatic carbocycles. The van der Waals surface area contributed by atoms with Crippen molar-refractivity contribution in [3.63, 3.8) is 0 Å². The maximum absolute atomic E-state index is 12.1. The third-order valence-corrected chi connectivity index (χ3v) is 3.42. The predicted molar refractivity (Wildman–Crippen MR) is 90.6 cm³/mol. The van der Waals surface area contributed by atoms with Gasteiger partial charge in [-0.25, -0.2) is 4.79 Å². The Morgan fingerprint density at radius 3 is 2.48 bits per heavy atom. The van der Waals surface area contributed by atoms with Crippen molar-refractivity contribution in [3.05, 3.63) is 60.2 Å². The highest BCUT2D eigenvalue weighted by atomic mass is 16.5. The number of para-hydroxylation sites is 2. The molecule has 122 valence electrons. The molecule has 0 fully saturated rings. The van der Waals surface area contributed by atoms with Gasteiger partial charge in [0.2, 0.25) is 0 Å². The molecule has 1 atom stereocenters. The third-order valence-electron chi connectivity index (χ3n) is 3.42. The zero-order valence-corrected chi connectivity index (χ0v) is 13.4. The Bertz CT molecular complexity index is 642. The molecule has 0 aliphatic rings. The monoisotopic (exact) mass is 314 g/mol. The van der Waals surface area contributed by atoms with Gasteiger partial charge in [-0.2, -0.15) is 0 Å². The number of hydrogen-bond donors (Lipinski definition) is 3. The highest BCUT2D eigenvalue weighted by Gasteiger charge is 2.23. The second-order valence-corrected chi connectivity index (χ2v) is 5.38. The largest absolute Gasteiger partial charge is 0.492 e. The highest BCUT2D eigenvalue weighted by molar-refractivity contribution is 5.90. The summed E-state index contributed by atoms with van der Waals surface area (Å²) in [5, 5.41) is 15.9. The lowest BCUT2D eigenvalue weighted by Gasteiger charge is -2.24. The minimum atomic E-state index is -1.14. The van der Waals surface area contributed by atoms with E-state index in [2.05, 4.69) is 10.6 Å². The van der Waals surface area contributed by atoms with Crippen molar-refractivity contribution >= 4 is 11.7 Å². The van der Waals surface area contributed by atoms with Crippen LogP contribution in [0.25, 0.3) is 0 Å². The van der Waals surface area contributed by atoms with Crippen molar-refractivity contribution in [2.24, 2.45) is 0 Å². The number of ether oxygens (including phenoxy) is 1. The first-order valence-electron chi connectivity index (χ1n) is 7.57. The molecule has 3 N–H and O–H groups in total. The van der Waals surface area contributed by atoms with Crippen LogP contribution in [-0.2, 0) is 5.60 Å². The lowest BCUT2D eigenvalue weighted by Crippen LogP contribution is -2.40. The Balaban J connectivity index is 1.95. The van der Waals surface area contributed by atoms with E-state index in [9.17, 15) is 9.90 Å². The van der Waals surface area contributed by atoms with Crippen molar-refractivity contribution in [2.75, 3.05) is 18.5 Å². The van der Waals surface area contributed by atoms with Crippen LogP contribution in [0.5, 0.6) is 5.75 Å². The Kier molecular flexibility index (Phi) is 5.60. The predicted octanol–water partition coefficient (Wildman–Crippen LogP) is 3.11. The zero-order valence-electron chi connectivity index (χ0n) is 13.4. The van der Waals surface area contributed by atoms with Crippen LogP contribution in [0.1, 0.15) is 19.4 Å². The number of amides is 2. The van der Waals surface area contributed by atoms with E-state index < -0.39 is 11.6 Å². The summed E-state index contributed by atoms with van der Waals surface area (Å²) in [7, 11) is 0. The van der Waals surface area contributed by atoms with Crippen molar-refractivity contribution in [2.45, 2.75) is 19.4 Å². The Morgan fingerprint density at radius 2 is 1.78 bits per heavy atom. The highest BCUT2D eigenvalue weighted by Crippen LogP contribution is 2.23. The van der Waals surface area contributed by atoms with Gasteiger partial charge in [-0.3, -0.25) is 0 Å². The normalized spacial score (nSPS) is 13.0. The Labute approximate surface area is 136 Å². The molecule has 0 saturated carbocycles. The summed E-state index contributed by atoms with van der Waals surface area (Å²) in [6.07, 6.45) is 0. The fourth-order valence-corrected chi connectivity index (χ4v) is 2.17. The standard InChI is InChI=1S/C18H22N2O3/c1-3-23-16-12-8-7-11-15(16)20-17(21)19-13-18(2,22)14-9-5-4-6-10-14/h4-12,22H,3,13H2,1-2H3,(H2,19,20,21). The molecule has 0 heterocycles. The molecule has 23 heavy (non-hydrogen) atoms. The van der Waals surface area contributed by atoms with E-state index in [0.29, 0.717) is 18.0 Å². The summed E-state index contributed by atoms with van der Waals surface area (Å²) < 4.78 is 5.46. The van der Waals surface area contributed by atoms with Crippen molar-refractivity contribution in [3.8, 4) is 5.75 Å². The van der Waals surface area contributed by atoms with Crippen molar-refractivity contribution in [1.82, 2.24) is 5.32 Å². The number of carbonyl (C=O) groups is 1. The number of nitrogens with one attached hydrogen (secondary N) is 2. The molecule has 0 aromatic heterocycles. The van der Waals surface area contributed by atoms with Crippen molar-refractivity contribution in [1.29, 1.82) is 0 Å². The lowest BCUT2D eigenvalue weighted by atomic mass is 9.96. The number of anilines is 1. The first kappa shape index (κ1) is 16.8. The average Bonchev–Trinajstić information content (AvgIpc) is 2.56. The van der Waals surface area contributed by atoms with E-state index in [0.717, 1.165) is 5.56 Å². The van der Waals surface area contributed by atoms with Crippen LogP contribution in [-0.4, -0.2) is 24.3 Å². The van der Waals surface area contributed by atoms with Crippen LogP contribution < -0.4 is 15.4 Å². The molecule has 2 amide bonds. The van der Waals surface area contributed by atoms with Crippen LogP contribution in [0, 0.1) is 0 Å². The maximum Gasteiger partial charge on any atom is 0.319 e. The van der Waals surface area contributed by atoms with Gasteiger partial charge in [0.15, 0.2) is 0 Å². The van der Waals surface area contributed by atoms with Gasteiger partial charge in [0.25, 0.3) is 0 Å². The molecular formula is C18H22N2O3. The van der Waals surface area contributed by atoms with E-state index in [-0.39, 0.29) is 6.54 Å². The van der Waals surface area contributed by atoms with E-state index in [1.165, 1.54) is 0 Å². The van der Waals surface area contributed by atoms with E-state index in [1.54, 1.807) is 19.1 Å². The van der Waals surface area contributed by atoms with E-state index >= 15 is 0 Å². The average molecular weight is 314 g/mol. The van der Waals surface area contributed by atoms with Gasteiger partial charge in [-0.15, -0.1) is 0 Å². The number of urea groups is 1. The number of benzene rings is 2. The molecule has 0 saturated heterocycles. The second kappa shape index (κ2) is 7.65. The van der Waals surface area contributed by atoms with Gasteiger partial charge in [-0.1, -0.05) is 42.5 Å². The summed E-state index contributed by atoms with van der Waals surface area (Å²) in [6.45, 7) is 4.16. The van der Waals surface area contributed by atoms with Gasteiger partial charge in [0, 0.05) is 0 Å². The quantitative estimate of drug-likeness (QED) is 0.767. The molecule has 5 nitrogen and oxygen atoms in total. The van der Waals surface area contributed by atoms with Gasteiger partial charge >= 0.3 is 6.03 Å². The third kappa shape index (κ3) is 4.72. The minimum Gasteiger partial charge on any atom is -0.492 e. The molecule has 2 aromatic carbocycles.